The summed E-state index contributed by atoms with van der Waals surface area (Å²) in [7, 11) is 8.34. The molecular weight excluding hydrogens is 628 g/mol. The molecule has 4 aliphatic rings. The van der Waals surface area contributed by atoms with Crippen LogP contribution in [-0.2, 0) is 29.3 Å². The van der Waals surface area contributed by atoms with Gasteiger partial charge in [0, 0.05) is 51.2 Å². The van der Waals surface area contributed by atoms with E-state index in [1.165, 1.54) is 17.5 Å². The minimum atomic E-state index is -0.825. The molecule has 50 heavy (non-hydrogen) atoms. The van der Waals surface area contributed by atoms with Crippen LogP contribution in [0.15, 0.2) is 42.5 Å². The predicted octanol–water partition coefficient (Wildman–Crippen LogP) is 3.32. The molecule has 0 radical (unpaired) electrons. The smallest absolute Gasteiger partial charge is 0.240 e. The highest BCUT2D eigenvalue weighted by Crippen LogP contribution is 2.61. The fourth-order valence-electron chi connectivity index (χ4n) is 8.72. The maximum atomic E-state index is 14.1. The third-order valence-corrected chi connectivity index (χ3v) is 11.8. The van der Waals surface area contributed by atoms with Crippen molar-refractivity contribution in [1.29, 1.82) is 0 Å². The lowest BCUT2D eigenvalue weighted by molar-refractivity contribution is -0.183. The van der Waals surface area contributed by atoms with Crippen molar-refractivity contribution in [3.63, 3.8) is 0 Å². The van der Waals surface area contributed by atoms with E-state index < -0.39 is 24.2 Å². The number of aliphatic hydroxyl groups is 2. The molecule has 0 unspecified atom stereocenters. The van der Waals surface area contributed by atoms with Crippen molar-refractivity contribution in [1.82, 2.24) is 30.8 Å². The predicted molar refractivity (Wildman–Crippen MR) is 200 cm³/mol. The Hall–Kier alpha value is -2.41. The highest BCUT2D eigenvalue weighted by atomic mass is 16.7. The zero-order valence-corrected chi connectivity index (χ0v) is 31.8. The number of fused-ring (bicyclic) bond motifs is 2. The van der Waals surface area contributed by atoms with E-state index >= 15 is 0 Å². The molecule has 10 heteroatoms. The Bertz CT molecular complexity index is 1380. The first-order valence-electron chi connectivity index (χ1n) is 18.7. The van der Waals surface area contributed by atoms with Crippen molar-refractivity contribution in [2.45, 2.75) is 84.5 Å². The molecule has 8 atom stereocenters. The van der Waals surface area contributed by atoms with Crippen LogP contribution in [0.25, 0.3) is 11.1 Å². The van der Waals surface area contributed by atoms with Crippen LogP contribution in [0.5, 0.6) is 0 Å². The SMILES string of the molecule is C[C@@H]1[C@@H](NC(=O)[C@@H]2[C@@H]([C@H](C)O)[C@H](CO)ON2Cc2cccc(-c3cc(CNCCN(C)C)cc(CNCCN(C)C)c3)c2)C[C@H]2C[C@@H]1C2(C)C. The van der Waals surface area contributed by atoms with Crippen LogP contribution in [0.2, 0.25) is 0 Å². The lowest BCUT2D eigenvalue weighted by Crippen LogP contribution is -2.62. The molecule has 2 aromatic rings. The van der Waals surface area contributed by atoms with E-state index in [2.05, 4.69) is 117 Å². The largest absolute Gasteiger partial charge is 0.394 e. The van der Waals surface area contributed by atoms with E-state index in [0.29, 0.717) is 29.7 Å². The van der Waals surface area contributed by atoms with Gasteiger partial charge in [0.2, 0.25) is 5.91 Å². The Kier molecular flexibility index (Phi) is 13.2. The molecule has 3 aliphatic carbocycles. The van der Waals surface area contributed by atoms with E-state index in [1.807, 2.05) is 0 Å². The molecule has 278 valence electrons. The maximum Gasteiger partial charge on any atom is 0.240 e. The Morgan fingerprint density at radius 2 is 1.58 bits per heavy atom. The monoisotopic (exact) mass is 692 g/mol. The maximum absolute atomic E-state index is 14.1. The molecule has 2 aromatic carbocycles. The van der Waals surface area contributed by atoms with Crippen LogP contribution >= 0.6 is 0 Å². The molecule has 1 saturated heterocycles. The summed E-state index contributed by atoms with van der Waals surface area (Å²) in [5.41, 5.74) is 6.03. The fraction of sp³-hybridized carbons (Fsp3) is 0.675. The summed E-state index contributed by atoms with van der Waals surface area (Å²) >= 11 is 0. The normalized spacial score (nSPS) is 28.2. The van der Waals surface area contributed by atoms with E-state index in [0.717, 1.165) is 62.4 Å². The topological polar surface area (TPSA) is 113 Å². The molecular formula is C40H64N6O4. The first kappa shape index (κ1) is 38.8. The van der Waals surface area contributed by atoms with Gasteiger partial charge in [-0.15, -0.1) is 0 Å². The second kappa shape index (κ2) is 16.9. The van der Waals surface area contributed by atoms with Crippen molar-refractivity contribution < 1.29 is 19.8 Å². The first-order valence-corrected chi connectivity index (χ1v) is 18.7. The molecule has 1 amide bonds. The van der Waals surface area contributed by atoms with Crippen molar-refractivity contribution in [2.24, 2.45) is 29.1 Å². The molecule has 3 saturated carbocycles. The first-order chi connectivity index (χ1) is 23.8. The summed E-state index contributed by atoms with van der Waals surface area (Å²) in [5, 5.41) is 33.4. The van der Waals surface area contributed by atoms with Crippen LogP contribution in [0.3, 0.4) is 0 Å². The molecule has 10 nitrogen and oxygen atoms in total. The lowest BCUT2D eigenvalue weighted by Gasteiger charge is -2.62. The van der Waals surface area contributed by atoms with Crippen LogP contribution in [0, 0.1) is 29.1 Å². The van der Waals surface area contributed by atoms with Gasteiger partial charge in [0.15, 0.2) is 0 Å². The zero-order chi connectivity index (χ0) is 36.2. The van der Waals surface area contributed by atoms with E-state index in [-0.39, 0.29) is 18.6 Å². The average molecular weight is 693 g/mol. The number of hydrogen-bond donors (Lipinski definition) is 5. The van der Waals surface area contributed by atoms with E-state index in [9.17, 15) is 15.0 Å². The lowest BCUT2D eigenvalue weighted by atomic mass is 9.45. The summed E-state index contributed by atoms with van der Waals surface area (Å²) < 4.78 is 0. The number of likely N-dealkylation sites (N-methyl/N-ethyl adjacent to an activating group) is 2. The van der Waals surface area contributed by atoms with Gasteiger partial charge in [-0.05, 0) is 117 Å². The second-order valence-corrected chi connectivity index (χ2v) is 16.4. The third kappa shape index (κ3) is 9.14. The Morgan fingerprint density at radius 1 is 0.960 bits per heavy atom. The second-order valence-electron chi connectivity index (χ2n) is 16.4. The van der Waals surface area contributed by atoms with E-state index in [1.54, 1.807) is 12.0 Å². The van der Waals surface area contributed by atoms with Gasteiger partial charge < -0.3 is 36.0 Å². The Balaban J connectivity index is 1.34. The highest BCUT2D eigenvalue weighted by molar-refractivity contribution is 5.83. The number of nitrogens with zero attached hydrogens (tertiary/aromatic N) is 3. The minimum Gasteiger partial charge on any atom is -0.394 e. The summed E-state index contributed by atoms with van der Waals surface area (Å²) in [6, 6.07) is 14.6. The standard InChI is InChI=1S/C40H64N6O4/c1-26-34-20-33(40(34,3)4)21-35(26)43-39(49)38-37(27(2)48)36(25-47)50-46(38)24-28-10-9-11-31(17-28)32-18-29(22-41-12-14-44(5)6)16-30(19-32)23-42-13-15-45(7)8/h9-11,16-19,26-27,33-38,41-42,47-48H,12-15,20-25H2,1-8H3,(H,43,49)/t26-,27-,33+,34-,35-,36-,37-,38-/m0/s1. The zero-order valence-electron chi connectivity index (χ0n) is 31.8. The number of benzene rings is 2. The highest BCUT2D eigenvalue weighted by Gasteiger charge is 2.57. The number of carbonyl (C=O) groups is 1. The van der Waals surface area contributed by atoms with Gasteiger partial charge in [-0.2, -0.15) is 5.06 Å². The summed E-state index contributed by atoms with van der Waals surface area (Å²) in [6.07, 6.45) is 0.730. The van der Waals surface area contributed by atoms with Crippen LogP contribution < -0.4 is 16.0 Å². The minimum absolute atomic E-state index is 0.100. The Morgan fingerprint density at radius 3 is 2.12 bits per heavy atom. The molecule has 0 spiro atoms. The summed E-state index contributed by atoms with van der Waals surface area (Å²) in [4.78, 5) is 24.8. The van der Waals surface area contributed by atoms with Crippen molar-refractivity contribution in [3.05, 3.63) is 59.2 Å². The molecule has 6 rings (SSSR count). The fourth-order valence-corrected chi connectivity index (χ4v) is 8.72. The number of rotatable bonds is 17. The summed E-state index contributed by atoms with van der Waals surface area (Å²) in [6.45, 7) is 14.1. The number of carbonyl (C=O) groups excluding carboxylic acids is 1. The van der Waals surface area contributed by atoms with Gasteiger partial charge in [-0.1, -0.05) is 45.0 Å². The summed E-state index contributed by atoms with van der Waals surface area (Å²) in [5.74, 6) is 0.931. The number of amides is 1. The quantitative estimate of drug-likeness (QED) is 0.160. The molecule has 1 aliphatic heterocycles. The third-order valence-electron chi connectivity index (χ3n) is 11.8. The molecule has 0 aromatic heterocycles. The van der Waals surface area contributed by atoms with Gasteiger partial charge in [-0.3, -0.25) is 9.63 Å². The molecule has 4 fully saturated rings. The number of nitrogens with one attached hydrogen (secondary N) is 3. The van der Waals surface area contributed by atoms with Gasteiger partial charge in [-0.25, -0.2) is 0 Å². The number of hydroxylamine groups is 2. The Labute approximate surface area is 300 Å². The van der Waals surface area contributed by atoms with Gasteiger partial charge >= 0.3 is 0 Å². The molecule has 2 bridgehead atoms. The van der Waals surface area contributed by atoms with Crippen molar-refractivity contribution >= 4 is 5.91 Å². The van der Waals surface area contributed by atoms with Crippen LogP contribution in [0.1, 0.15) is 57.2 Å². The van der Waals surface area contributed by atoms with Gasteiger partial charge in [0.25, 0.3) is 0 Å². The van der Waals surface area contributed by atoms with Crippen LogP contribution in [-0.4, -0.2) is 116 Å². The van der Waals surface area contributed by atoms with Gasteiger partial charge in [0.1, 0.15) is 12.1 Å². The van der Waals surface area contributed by atoms with Gasteiger partial charge in [0.05, 0.1) is 19.3 Å². The van der Waals surface area contributed by atoms with Crippen molar-refractivity contribution in [2.75, 3.05) is 61.0 Å². The van der Waals surface area contributed by atoms with Crippen LogP contribution in [0.4, 0.5) is 0 Å². The molecule has 5 N–H and O–H groups in total. The van der Waals surface area contributed by atoms with Crippen molar-refractivity contribution in [3.8, 4) is 11.1 Å². The average Bonchev–Trinajstić information content (AvgIpc) is 3.44. The molecule has 1 heterocycles. The van der Waals surface area contributed by atoms with E-state index in [4.69, 9.17) is 4.84 Å². The number of hydrogen-bond acceptors (Lipinski definition) is 9. The number of aliphatic hydroxyl groups excluding tert-OH is 2.